The molecule has 0 radical (unpaired) electrons. The maximum Gasteiger partial charge on any atom is 0.0786 e. The van der Waals surface area contributed by atoms with E-state index < -0.39 is 5.97 Å². The highest BCUT2D eigenvalue weighted by atomic mass is 16.4. The molecule has 4 heteroatoms. The molecule has 4 nitrogen and oxygen atoms in total. The molecular weight excluding hydrogens is 324 g/mol. The molecule has 156 valence electrons. The predicted octanol–water partition coefficient (Wildman–Crippen LogP) is 3.74. The second-order valence-corrected chi connectivity index (χ2v) is 7.99. The van der Waals surface area contributed by atoms with E-state index in [2.05, 4.69) is 33.0 Å². The Balaban J connectivity index is 0.000000577. The second kappa shape index (κ2) is 16.6. The molecule has 1 fully saturated rings. The van der Waals surface area contributed by atoms with Gasteiger partial charge in [-0.1, -0.05) is 53.4 Å². The van der Waals surface area contributed by atoms with Crippen LogP contribution in [0.25, 0.3) is 0 Å². The summed E-state index contributed by atoms with van der Waals surface area (Å²) in [7, 11) is 0. The van der Waals surface area contributed by atoms with Crippen LogP contribution < -0.4 is 10.4 Å². The minimum atomic E-state index is -0.892. The van der Waals surface area contributed by atoms with Gasteiger partial charge in [-0.25, -0.2) is 0 Å². The van der Waals surface area contributed by atoms with Crippen molar-refractivity contribution in [2.24, 2.45) is 5.92 Å². The first-order valence-electron chi connectivity index (χ1n) is 11.3. The average Bonchev–Trinajstić information content (AvgIpc) is 2.68. The number of carbonyl (C=O) groups is 1. The van der Waals surface area contributed by atoms with Gasteiger partial charge in [0.05, 0.1) is 26.2 Å². The van der Waals surface area contributed by atoms with Gasteiger partial charge in [0.2, 0.25) is 0 Å². The molecular formula is C22H46N2O2. The largest absolute Gasteiger partial charge is 0.550 e. The number of nitrogens with zero attached hydrogens (tertiary/aromatic N) is 1. The van der Waals surface area contributed by atoms with Gasteiger partial charge >= 0.3 is 0 Å². The fourth-order valence-corrected chi connectivity index (χ4v) is 3.70. The van der Waals surface area contributed by atoms with Crippen molar-refractivity contribution in [3.8, 4) is 0 Å². The number of rotatable bonds is 13. The Morgan fingerprint density at radius 3 is 1.38 bits per heavy atom. The first-order chi connectivity index (χ1) is 12.5. The van der Waals surface area contributed by atoms with Crippen LogP contribution in [0.3, 0.4) is 0 Å². The second-order valence-electron chi connectivity index (χ2n) is 7.99. The summed E-state index contributed by atoms with van der Waals surface area (Å²) >= 11 is 0. The van der Waals surface area contributed by atoms with Crippen LogP contribution in [0.1, 0.15) is 91.9 Å². The number of piperidine rings is 1. The zero-order valence-electron chi connectivity index (χ0n) is 18.2. The SMILES string of the molecule is CCCC[N+](CCCC)(CCCC)CCCC.O=C([O-])C1CCNCC1. The Kier molecular flexibility index (Phi) is 16.2. The lowest BCUT2D eigenvalue weighted by atomic mass is 9.99. The van der Waals surface area contributed by atoms with Crippen LogP contribution in [-0.4, -0.2) is 49.7 Å². The summed E-state index contributed by atoms with van der Waals surface area (Å²) in [6.45, 7) is 16.7. The van der Waals surface area contributed by atoms with Crippen LogP contribution in [0, 0.1) is 5.92 Å². The smallest absolute Gasteiger partial charge is 0.0786 e. The first kappa shape index (κ1) is 25.4. The van der Waals surface area contributed by atoms with Crippen molar-refractivity contribution in [2.45, 2.75) is 91.9 Å². The van der Waals surface area contributed by atoms with E-state index in [1.165, 1.54) is 82.0 Å². The quantitative estimate of drug-likeness (QED) is 0.503. The number of carbonyl (C=O) groups excluding carboxylic acids is 1. The van der Waals surface area contributed by atoms with Crippen LogP contribution in [-0.2, 0) is 4.79 Å². The van der Waals surface area contributed by atoms with Gasteiger partial charge in [0.25, 0.3) is 0 Å². The van der Waals surface area contributed by atoms with E-state index in [0.29, 0.717) is 0 Å². The molecule has 1 aliphatic rings. The molecule has 1 rings (SSSR count). The Bertz CT molecular complexity index is 291. The molecule has 26 heavy (non-hydrogen) atoms. The summed E-state index contributed by atoms with van der Waals surface area (Å²) in [6, 6.07) is 0. The number of unbranched alkanes of at least 4 members (excludes halogenated alkanes) is 4. The van der Waals surface area contributed by atoms with Crippen LogP contribution >= 0.6 is 0 Å². The molecule has 0 atom stereocenters. The molecule has 0 aromatic rings. The molecule has 1 saturated heterocycles. The number of carboxylic acids is 1. The zero-order chi connectivity index (χ0) is 19.7. The normalized spacial score (nSPS) is 15.4. The number of aliphatic carboxylic acids is 1. The minimum absolute atomic E-state index is 0.203. The Morgan fingerprint density at radius 1 is 0.808 bits per heavy atom. The molecule has 0 aromatic carbocycles. The minimum Gasteiger partial charge on any atom is -0.550 e. The van der Waals surface area contributed by atoms with Crippen molar-refractivity contribution in [1.29, 1.82) is 0 Å². The highest BCUT2D eigenvalue weighted by Gasteiger charge is 2.24. The molecule has 0 spiro atoms. The number of hydrogen-bond donors (Lipinski definition) is 1. The molecule has 0 unspecified atom stereocenters. The van der Waals surface area contributed by atoms with Gasteiger partial charge in [-0.3, -0.25) is 0 Å². The number of carboxylic acid groups (broad SMARTS) is 1. The summed E-state index contributed by atoms with van der Waals surface area (Å²) in [5.74, 6) is -1.09. The molecule has 0 aromatic heterocycles. The fourth-order valence-electron chi connectivity index (χ4n) is 3.70. The Hall–Kier alpha value is -0.610. The zero-order valence-corrected chi connectivity index (χ0v) is 18.2. The monoisotopic (exact) mass is 370 g/mol. The van der Waals surface area contributed by atoms with Crippen LogP contribution in [0.2, 0.25) is 0 Å². The average molecular weight is 371 g/mol. The maximum absolute atomic E-state index is 10.2. The van der Waals surface area contributed by atoms with Gasteiger partial charge < -0.3 is 19.7 Å². The molecule has 1 heterocycles. The summed E-state index contributed by atoms with van der Waals surface area (Å²) in [4.78, 5) is 10.2. The van der Waals surface area contributed by atoms with Gasteiger partial charge in [0.15, 0.2) is 0 Å². The lowest BCUT2D eigenvalue weighted by Crippen LogP contribution is -2.50. The van der Waals surface area contributed by atoms with Gasteiger partial charge in [-0.15, -0.1) is 0 Å². The van der Waals surface area contributed by atoms with Crippen LogP contribution in [0.5, 0.6) is 0 Å². The van der Waals surface area contributed by atoms with E-state index in [4.69, 9.17) is 0 Å². The highest BCUT2D eigenvalue weighted by molar-refractivity contribution is 5.67. The molecule has 0 amide bonds. The van der Waals surface area contributed by atoms with E-state index in [0.717, 1.165) is 25.9 Å². The third-order valence-electron chi connectivity index (χ3n) is 5.62. The third-order valence-corrected chi connectivity index (χ3v) is 5.62. The summed E-state index contributed by atoms with van der Waals surface area (Å²) in [5, 5.41) is 13.3. The van der Waals surface area contributed by atoms with Crippen molar-refractivity contribution >= 4 is 5.97 Å². The van der Waals surface area contributed by atoms with E-state index in [9.17, 15) is 9.90 Å². The lowest BCUT2D eigenvalue weighted by molar-refractivity contribution is -0.929. The van der Waals surface area contributed by atoms with E-state index in [1.807, 2.05) is 0 Å². The van der Waals surface area contributed by atoms with Crippen molar-refractivity contribution in [2.75, 3.05) is 39.3 Å². The van der Waals surface area contributed by atoms with Gasteiger partial charge in [0.1, 0.15) is 0 Å². The van der Waals surface area contributed by atoms with Crippen molar-refractivity contribution in [3.63, 3.8) is 0 Å². The first-order valence-corrected chi connectivity index (χ1v) is 11.3. The molecule has 0 aliphatic carbocycles. The third kappa shape index (κ3) is 11.9. The molecule has 0 saturated carbocycles. The summed E-state index contributed by atoms with van der Waals surface area (Å²) in [5.41, 5.74) is 0. The van der Waals surface area contributed by atoms with E-state index in [-0.39, 0.29) is 5.92 Å². The highest BCUT2D eigenvalue weighted by Crippen LogP contribution is 2.16. The molecule has 1 N–H and O–H groups in total. The van der Waals surface area contributed by atoms with E-state index in [1.54, 1.807) is 0 Å². The lowest BCUT2D eigenvalue weighted by Gasteiger charge is -2.39. The summed E-state index contributed by atoms with van der Waals surface area (Å²) in [6.07, 6.45) is 12.5. The van der Waals surface area contributed by atoms with Gasteiger partial charge in [-0.2, -0.15) is 0 Å². The van der Waals surface area contributed by atoms with Crippen LogP contribution in [0.15, 0.2) is 0 Å². The van der Waals surface area contributed by atoms with Crippen molar-refractivity contribution in [1.82, 2.24) is 5.32 Å². The summed E-state index contributed by atoms with van der Waals surface area (Å²) < 4.78 is 1.42. The number of quaternary nitrogens is 1. The van der Waals surface area contributed by atoms with Gasteiger partial charge in [0, 0.05) is 11.9 Å². The van der Waals surface area contributed by atoms with Crippen molar-refractivity contribution < 1.29 is 14.4 Å². The standard InChI is InChI=1S/C16H36N.C6H11NO2/c1-5-9-13-17(14-10-6-2,15-11-7-3)16-12-8-4;8-6(9)5-1-3-7-4-2-5/h5-16H2,1-4H3;5,7H,1-4H2,(H,8,9)/q+1;/p-1. The van der Waals surface area contributed by atoms with Crippen LogP contribution in [0.4, 0.5) is 0 Å². The van der Waals surface area contributed by atoms with E-state index >= 15 is 0 Å². The fraction of sp³-hybridized carbons (Fsp3) is 0.955. The number of hydrogen-bond acceptors (Lipinski definition) is 3. The van der Waals surface area contributed by atoms with Gasteiger partial charge in [-0.05, 0) is 51.6 Å². The topological polar surface area (TPSA) is 52.2 Å². The molecule has 0 bridgehead atoms. The number of nitrogens with one attached hydrogen (secondary N) is 1. The molecule has 1 aliphatic heterocycles. The Morgan fingerprint density at radius 2 is 1.15 bits per heavy atom. The van der Waals surface area contributed by atoms with Crippen molar-refractivity contribution in [3.05, 3.63) is 0 Å². The maximum atomic E-state index is 10.2. The predicted molar refractivity (Wildman–Crippen MR) is 110 cm³/mol. The Labute approximate surface area is 163 Å².